The monoisotopic (exact) mass is 898 g/mol. The summed E-state index contributed by atoms with van der Waals surface area (Å²) in [5, 5.41) is 30.9. The largest absolute Gasteiger partial charge is 0.493 e. The van der Waals surface area contributed by atoms with Crippen molar-refractivity contribution in [1.29, 1.82) is 0 Å². The molecule has 0 aliphatic heterocycles. The van der Waals surface area contributed by atoms with Gasteiger partial charge in [-0.15, -0.1) is 0 Å². The number of esters is 4. The van der Waals surface area contributed by atoms with Crippen LogP contribution in [0.2, 0.25) is 0 Å². The quantitative estimate of drug-likeness (QED) is 0.0545. The third-order valence-corrected chi connectivity index (χ3v) is 10.1. The first-order chi connectivity index (χ1) is 31.7. The van der Waals surface area contributed by atoms with E-state index >= 15 is 0 Å². The van der Waals surface area contributed by atoms with E-state index in [0.717, 1.165) is 11.1 Å². The first-order valence-electron chi connectivity index (χ1n) is 21.3. The normalized spacial score (nSPS) is 12.3. The molecule has 0 saturated carbocycles. The Hall–Kier alpha value is -7.52. The Kier molecular flexibility index (Phi) is 15.9. The number of carbonyl (C=O) groups is 4. The summed E-state index contributed by atoms with van der Waals surface area (Å²) in [6.07, 6.45) is -2.87. The molecule has 0 amide bonds. The molecule has 0 heterocycles. The van der Waals surface area contributed by atoms with Gasteiger partial charge in [0.1, 0.15) is 34.3 Å². The number of benzene rings is 6. The van der Waals surface area contributed by atoms with E-state index in [9.17, 15) is 34.5 Å². The van der Waals surface area contributed by atoms with Crippen molar-refractivity contribution < 1.29 is 67.7 Å². The number of aliphatic hydroxyl groups is 3. The van der Waals surface area contributed by atoms with Gasteiger partial charge in [0.15, 0.2) is 11.5 Å². The highest BCUT2D eigenvalue weighted by Crippen LogP contribution is 2.36. The predicted octanol–water partition coefficient (Wildman–Crippen LogP) is 9.59. The summed E-state index contributed by atoms with van der Waals surface area (Å²) in [6, 6.07) is 31.3. The molecule has 342 valence electrons. The number of hydrogen-bond acceptors (Lipinski definition) is 14. The van der Waals surface area contributed by atoms with Gasteiger partial charge >= 0.3 is 23.9 Å². The molecule has 0 saturated heterocycles. The number of hydrogen-bond donors (Lipinski definition) is 3. The molecule has 14 nitrogen and oxygen atoms in total. The maximum absolute atomic E-state index is 13.2. The second-order valence-corrected chi connectivity index (χ2v) is 14.8. The summed E-state index contributed by atoms with van der Waals surface area (Å²) in [5.74, 6) is -0.886. The highest BCUT2D eigenvalue weighted by atomic mass is 16.6. The van der Waals surface area contributed by atoms with Crippen molar-refractivity contribution in [2.24, 2.45) is 0 Å². The highest BCUT2D eigenvalue weighted by Gasteiger charge is 2.24. The zero-order valence-corrected chi connectivity index (χ0v) is 37.2. The Bertz CT molecular complexity index is 2650. The molecular formula is C52H50O14. The molecule has 6 rings (SSSR count). The SMILES string of the molecule is CCOc1cc(C(=O)Oc2ccc(C(=O)Oc3ccc(-c4ccc(OC(=O)c5ccc(OC(=O)c6cc(C(C)O)c(C(C)O)cc6OCC)cc5)cc4)cc3)cc2)c(C(C)O)cc1OCC. The molecule has 14 heteroatoms. The van der Waals surface area contributed by atoms with Crippen LogP contribution in [0.1, 0.15) is 118 Å². The molecule has 0 radical (unpaired) electrons. The third-order valence-electron chi connectivity index (χ3n) is 10.1. The Labute approximate surface area is 381 Å². The second-order valence-electron chi connectivity index (χ2n) is 14.8. The third kappa shape index (κ3) is 11.8. The Morgan fingerprint density at radius 1 is 0.394 bits per heavy atom. The molecule has 0 aliphatic rings. The Morgan fingerprint density at radius 2 is 0.712 bits per heavy atom. The molecule has 0 spiro atoms. The topological polar surface area (TPSA) is 194 Å². The lowest BCUT2D eigenvalue weighted by Gasteiger charge is -2.19. The maximum Gasteiger partial charge on any atom is 0.347 e. The number of ether oxygens (including phenoxy) is 7. The van der Waals surface area contributed by atoms with Crippen LogP contribution in [0.25, 0.3) is 11.1 Å². The van der Waals surface area contributed by atoms with Crippen LogP contribution >= 0.6 is 0 Å². The Morgan fingerprint density at radius 3 is 1.11 bits per heavy atom. The van der Waals surface area contributed by atoms with E-state index in [1.54, 1.807) is 75.4 Å². The van der Waals surface area contributed by atoms with Gasteiger partial charge in [-0.1, -0.05) is 24.3 Å². The van der Waals surface area contributed by atoms with Crippen LogP contribution in [0.3, 0.4) is 0 Å². The minimum absolute atomic E-state index is 0.0684. The lowest BCUT2D eigenvalue weighted by atomic mass is 9.96. The summed E-state index contributed by atoms with van der Waals surface area (Å²) >= 11 is 0. The first kappa shape index (κ1) is 47.9. The zero-order chi connectivity index (χ0) is 47.5. The van der Waals surface area contributed by atoms with Crippen molar-refractivity contribution in [2.45, 2.75) is 59.9 Å². The molecular weight excluding hydrogens is 849 g/mol. The Balaban J connectivity index is 1.02. The minimum atomic E-state index is -0.994. The van der Waals surface area contributed by atoms with E-state index in [4.69, 9.17) is 33.2 Å². The smallest absolute Gasteiger partial charge is 0.347 e. The summed E-state index contributed by atoms with van der Waals surface area (Å²) in [6.45, 7) is 10.9. The standard InChI is InChI=1S/C52H50O14/c1-7-60-46-27-42(31(5)54)41(30(4)53)26-45(46)52(59)66-40-24-16-36(17-25-40)50(57)64-38-20-12-34(13-21-38)33-10-18-37(19-11-33)63-49(56)35-14-22-39(23-15-35)65-51(58)44-29-48(62-9-3)47(61-8-2)28-43(44)32(6)55/h10-32,53-55H,7-9H2,1-6H3. The number of rotatable bonds is 18. The van der Waals surface area contributed by atoms with E-state index < -0.39 is 42.2 Å². The van der Waals surface area contributed by atoms with Gasteiger partial charge in [-0.05, 0) is 166 Å². The van der Waals surface area contributed by atoms with Crippen LogP contribution in [0, 0.1) is 0 Å². The lowest BCUT2D eigenvalue weighted by Crippen LogP contribution is -2.14. The fourth-order valence-electron chi connectivity index (χ4n) is 6.81. The van der Waals surface area contributed by atoms with Crippen LogP contribution in [-0.2, 0) is 0 Å². The summed E-state index contributed by atoms with van der Waals surface area (Å²) in [7, 11) is 0. The summed E-state index contributed by atoms with van der Waals surface area (Å²) in [5.41, 5.74) is 3.31. The van der Waals surface area contributed by atoms with Gasteiger partial charge < -0.3 is 48.5 Å². The van der Waals surface area contributed by atoms with Crippen molar-refractivity contribution in [1.82, 2.24) is 0 Å². The molecule has 6 aromatic rings. The molecule has 0 fully saturated rings. The average Bonchev–Trinajstić information content (AvgIpc) is 3.30. The fourth-order valence-corrected chi connectivity index (χ4v) is 6.81. The van der Waals surface area contributed by atoms with E-state index in [-0.39, 0.29) is 46.1 Å². The molecule has 3 N–H and O–H groups in total. The van der Waals surface area contributed by atoms with E-state index in [1.165, 1.54) is 80.6 Å². The van der Waals surface area contributed by atoms with Gasteiger partial charge in [-0.3, -0.25) is 0 Å². The van der Waals surface area contributed by atoms with Gasteiger partial charge in [0.2, 0.25) is 0 Å². The molecule has 0 bridgehead atoms. The number of carbonyl (C=O) groups excluding carboxylic acids is 4. The molecule has 66 heavy (non-hydrogen) atoms. The average molecular weight is 899 g/mol. The van der Waals surface area contributed by atoms with E-state index in [2.05, 4.69) is 0 Å². The van der Waals surface area contributed by atoms with E-state index in [0.29, 0.717) is 52.9 Å². The van der Waals surface area contributed by atoms with Gasteiger partial charge in [0.05, 0.1) is 54.8 Å². The van der Waals surface area contributed by atoms with Crippen LogP contribution < -0.4 is 33.2 Å². The molecule has 3 atom stereocenters. The zero-order valence-electron chi connectivity index (χ0n) is 37.2. The molecule has 0 aromatic heterocycles. The maximum atomic E-state index is 13.2. The first-order valence-corrected chi connectivity index (χ1v) is 21.3. The van der Waals surface area contributed by atoms with Crippen molar-refractivity contribution in [3.8, 4) is 51.4 Å². The fraction of sp³-hybridized carbons (Fsp3) is 0.231. The van der Waals surface area contributed by atoms with E-state index in [1.807, 2.05) is 6.92 Å². The minimum Gasteiger partial charge on any atom is -0.493 e. The summed E-state index contributed by atoms with van der Waals surface area (Å²) < 4.78 is 39.2. The molecule has 0 aliphatic carbocycles. The highest BCUT2D eigenvalue weighted by molar-refractivity contribution is 5.96. The van der Waals surface area contributed by atoms with Crippen LogP contribution in [0.5, 0.6) is 40.2 Å². The van der Waals surface area contributed by atoms with Crippen molar-refractivity contribution >= 4 is 23.9 Å². The van der Waals surface area contributed by atoms with Crippen molar-refractivity contribution in [3.05, 3.63) is 160 Å². The second kappa shape index (κ2) is 21.9. The molecule has 6 aromatic carbocycles. The van der Waals surface area contributed by atoms with Crippen LogP contribution in [0.15, 0.2) is 121 Å². The number of aliphatic hydroxyl groups excluding tert-OH is 3. The van der Waals surface area contributed by atoms with Gasteiger partial charge in [-0.2, -0.15) is 0 Å². The van der Waals surface area contributed by atoms with Gasteiger partial charge in [-0.25, -0.2) is 19.2 Å². The van der Waals surface area contributed by atoms with Crippen molar-refractivity contribution in [3.63, 3.8) is 0 Å². The predicted molar refractivity (Wildman–Crippen MR) is 243 cm³/mol. The van der Waals surface area contributed by atoms with Crippen LogP contribution in [-0.4, -0.2) is 59.0 Å². The van der Waals surface area contributed by atoms with Crippen molar-refractivity contribution in [2.75, 3.05) is 19.8 Å². The van der Waals surface area contributed by atoms with Crippen LogP contribution in [0.4, 0.5) is 0 Å². The lowest BCUT2D eigenvalue weighted by molar-refractivity contribution is 0.0716. The summed E-state index contributed by atoms with van der Waals surface area (Å²) in [4.78, 5) is 52.4. The van der Waals surface area contributed by atoms with Gasteiger partial charge in [0, 0.05) is 0 Å². The molecule has 3 unspecified atom stereocenters. The van der Waals surface area contributed by atoms with Gasteiger partial charge in [0.25, 0.3) is 0 Å².